The van der Waals surface area contributed by atoms with Gasteiger partial charge in [0, 0.05) is 0 Å². The van der Waals surface area contributed by atoms with Gasteiger partial charge in [0.25, 0.3) is 0 Å². The van der Waals surface area contributed by atoms with Crippen molar-refractivity contribution in [3.63, 3.8) is 0 Å². The quantitative estimate of drug-likeness (QED) is 0.349. The van der Waals surface area contributed by atoms with Gasteiger partial charge in [-0.25, -0.2) is 4.79 Å². The molecular formula is C7H10O3. The van der Waals surface area contributed by atoms with Gasteiger partial charge in [-0.05, 0) is 13.0 Å². The summed E-state index contributed by atoms with van der Waals surface area (Å²) >= 11 is 0. The van der Waals surface area contributed by atoms with E-state index < -0.39 is 5.97 Å². The standard InChI is InChI=1S/C7H10O3/c1-2-10-7(9)5-3-4-6-8/h4-5,8H,2,6H2,1H3. The highest BCUT2D eigenvalue weighted by Gasteiger charge is 1.89. The Kier molecular flexibility index (Phi) is 5.44. The molecule has 0 spiro atoms. The van der Waals surface area contributed by atoms with E-state index in [0.717, 1.165) is 6.08 Å². The van der Waals surface area contributed by atoms with E-state index in [1.54, 1.807) is 6.92 Å². The average Bonchev–Trinajstić information content (AvgIpc) is 1.89. The predicted molar refractivity (Wildman–Crippen MR) is 36.4 cm³/mol. The third-order valence-electron chi connectivity index (χ3n) is 0.697. The van der Waals surface area contributed by atoms with Crippen LogP contribution in [0.4, 0.5) is 0 Å². The number of carbonyl (C=O) groups is 1. The zero-order valence-electron chi connectivity index (χ0n) is 5.83. The van der Waals surface area contributed by atoms with Crippen LogP contribution in [0.25, 0.3) is 0 Å². The second-order valence-electron chi connectivity index (χ2n) is 1.45. The highest BCUT2D eigenvalue weighted by atomic mass is 16.5. The van der Waals surface area contributed by atoms with Crippen LogP contribution in [0.2, 0.25) is 0 Å². The summed E-state index contributed by atoms with van der Waals surface area (Å²) in [7, 11) is 0. The first-order chi connectivity index (χ1) is 4.81. The van der Waals surface area contributed by atoms with E-state index >= 15 is 0 Å². The molecule has 0 aliphatic carbocycles. The van der Waals surface area contributed by atoms with Gasteiger partial charge >= 0.3 is 5.97 Å². The summed E-state index contributed by atoms with van der Waals surface area (Å²) in [5.41, 5.74) is 2.45. The van der Waals surface area contributed by atoms with Gasteiger partial charge in [-0.3, -0.25) is 0 Å². The van der Waals surface area contributed by atoms with Gasteiger partial charge in [0.2, 0.25) is 0 Å². The zero-order chi connectivity index (χ0) is 7.82. The fourth-order valence-electron chi connectivity index (χ4n) is 0.364. The van der Waals surface area contributed by atoms with Gasteiger partial charge in [-0.2, -0.15) is 0 Å². The summed E-state index contributed by atoms with van der Waals surface area (Å²) in [5.74, 6) is -0.438. The Balaban J connectivity index is 3.66. The van der Waals surface area contributed by atoms with Crippen LogP contribution in [0.3, 0.4) is 0 Å². The average molecular weight is 142 g/mol. The van der Waals surface area contributed by atoms with Gasteiger partial charge in [-0.1, -0.05) is 0 Å². The normalized spacial score (nSPS) is 7.80. The third kappa shape index (κ3) is 5.09. The maximum Gasteiger partial charge on any atom is 0.338 e. The first-order valence-corrected chi connectivity index (χ1v) is 2.99. The fraction of sp³-hybridized carbons (Fsp3) is 0.429. The fourth-order valence-corrected chi connectivity index (χ4v) is 0.364. The molecule has 0 unspecified atom stereocenters. The maximum atomic E-state index is 10.5. The topological polar surface area (TPSA) is 46.5 Å². The lowest BCUT2D eigenvalue weighted by molar-refractivity contribution is -0.137. The van der Waals surface area contributed by atoms with Crippen LogP contribution in [-0.2, 0) is 9.53 Å². The van der Waals surface area contributed by atoms with Crippen LogP contribution >= 0.6 is 0 Å². The van der Waals surface area contributed by atoms with Crippen molar-refractivity contribution in [2.75, 3.05) is 13.2 Å². The highest BCUT2D eigenvalue weighted by Crippen LogP contribution is 1.77. The van der Waals surface area contributed by atoms with Crippen LogP contribution in [0.5, 0.6) is 0 Å². The second kappa shape index (κ2) is 6.08. The van der Waals surface area contributed by atoms with E-state index in [1.165, 1.54) is 6.08 Å². The predicted octanol–water partition coefficient (Wildman–Crippen LogP) is 0.253. The summed E-state index contributed by atoms with van der Waals surface area (Å²) in [6, 6.07) is 0. The molecule has 0 aliphatic heterocycles. The van der Waals surface area contributed by atoms with Crippen molar-refractivity contribution in [1.29, 1.82) is 0 Å². The van der Waals surface area contributed by atoms with Crippen molar-refractivity contribution >= 4 is 5.97 Å². The molecule has 0 rings (SSSR count). The molecule has 0 amide bonds. The lowest BCUT2D eigenvalue weighted by atomic mass is 10.5. The number of hydrogen-bond donors (Lipinski definition) is 1. The molecule has 0 bridgehead atoms. The summed E-state index contributed by atoms with van der Waals surface area (Å²) in [4.78, 5) is 10.5. The Bertz CT molecular complexity index is 154. The number of hydrogen-bond acceptors (Lipinski definition) is 3. The van der Waals surface area contributed by atoms with E-state index in [-0.39, 0.29) is 6.61 Å². The zero-order valence-corrected chi connectivity index (χ0v) is 5.83. The minimum absolute atomic E-state index is 0.115. The number of aliphatic hydroxyl groups is 1. The SMILES string of the molecule is CCOC(=O)C=C=CCO. The summed E-state index contributed by atoms with van der Waals surface area (Å²) in [6.45, 7) is 1.97. The lowest BCUT2D eigenvalue weighted by Gasteiger charge is -1.90. The molecule has 56 valence electrons. The van der Waals surface area contributed by atoms with E-state index in [0.29, 0.717) is 6.61 Å². The van der Waals surface area contributed by atoms with Crippen molar-refractivity contribution in [2.45, 2.75) is 6.92 Å². The van der Waals surface area contributed by atoms with E-state index in [9.17, 15) is 4.79 Å². The number of rotatable bonds is 3. The van der Waals surface area contributed by atoms with E-state index in [1.807, 2.05) is 0 Å². The van der Waals surface area contributed by atoms with Crippen LogP contribution in [0.1, 0.15) is 6.92 Å². The molecule has 3 heteroatoms. The molecule has 10 heavy (non-hydrogen) atoms. The smallest absolute Gasteiger partial charge is 0.338 e. The van der Waals surface area contributed by atoms with E-state index in [4.69, 9.17) is 5.11 Å². The minimum Gasteiger partial charge on any atom is -0.462 e. The first kappa shape index (κ1) is 8.95. The monoisotopic (exact) mass is 142 g/mol. The number of esters is 1. The first-order valence-electron chi connectivity index (χ1n) is 2.99. The summed E-state index contributed by atoms with van der Waals surface area (Å²) in [6.07, 6.45) is 2.47. The Morgan fingerprint density at radius 1 is 1.80 bits per heavy atom. The van der Waals surface area contributed by atoms with E-state index in [2.05, 4.69) is 10.5 Å². The minimum atomic E-state index is -0.438. The summed E-state index contributed by atoms with van der Waals surface area (Å²) < 4.78 is 4.53. The third-order valence-corrected chi connectivity index (χ3v) is 0.697. The van der Waals surface area contributed by atoms with Gasteiger partial charge in [0.15, 0.2) is 0 Å². The van der Waals surface area contributed by atoms with Gasteiger partial charge < -0.3 is 9.84 Å². The molecule has 0 radical (unpaired) electrons. The summed E-state index contributed by atoms with van der Waals surface area (Å²) in [5, 5.41) is 8.22. The van der Waals surface area contributed by atoms with Crippen molar-refractivity contribution in [3.05, 3.63) is 17.9 Å². The Morgan fingerprint density at radius 3 is 3.00 bits per heavy atom. The van der Waals surface area contributed by atoms with Crippen LogP contribution in [0.15, 0.2) is 17.9 Å². The number of carbonyl (C=O) groups excluding carboxylic acids is 1. The van der Waals surface area contributed by atoms with Crippen molar-refractivity contribution < 1.29 is 14.6 Å². The molecule has 0 atom stereocenters. The Morgan fingerprint density at radius 2 is 2.50 bits per heavy atom. The van der Waals surface area contributed by atoms with Crippen LogP contribution in [-0.4, -0.2) is 24.3 Å². The molecule has 0 aliphatic rings. The van der Waals surface area contributed by atoms with Gasteiger partial charge in [0.1, 0.15) is 0 Å². The molecule has 0 aromatic carbocycles. The molecule has 0 heterocycles. The molecule has 0 fully saturated rings. The van der Waals surface area contributed by atoms with Crippen LogP contribution < -0.4 is 0 Å². The second-order valence-corrected chi connectivity index (χ2v) is 1.45. The van der Waals surface area contributed by atoms with Gasteiger partial charge in [0.05, 0.1) is 19.3 Å². The maximum absolute atomic E-state index is 10.5. The largest absolute Gasteiger partial charge is 0.462 e. The molecule has 0 aromatic heterocycles. The van der Waals surface area contributed by atoms with Crippen molar-refractivity contribution in [1.82, 2.24) is 0 Å². The highest BCUT2D eigenvalue weighted by molar-refractivity contribution is 5.81. The molecule has 1 N–H and O–H groups in total. The Labute approximate surface area is 59.6 Å². The molecular weight excluding hydrogens is 132 g/mol. The van der Waals surface area contributed by atoms with Crippen LogP contribution in [0, 0.1) is 0 Å². The molecule has 3 nitrogen and oxygen atoms in total. The molecule has 0 saturated heterocycles. The molecule has 0 aromatic rings. The van der Waals surface area contributed by atoms with Crippen molar-refractivity contribution in [3.8, 4) is 0 Å². The van der Waals surface area contributed by atoms with Gasteiger partial charge in [-0.15, -0.1) is 5.73 Å². The Hall–Kier alpha value is -1.05. The number of aliphatic hydroxyl groups excluding tert-OH is 1. The lowest BCUT2D eigenvalue weighted by Crippen LogP contribution is -1.97. The van der Waals surface area contributed by atoms with Crippen molar-refractivity contribution in [2.24, 2.45) is 0 Å². The molecule has 0 saturated carbocycles. The number of ether oxygens (including phenoxy) is 1.